The van der Waals surface area contributed by atoms with Crippen LogP contribution in [0.2, 0.25) is 5.02 Å². The number of carbonyl (C=O) groups is 1. The van der Waals surface area contributed by atoms with E-state index in [9.17, 15) is 4.79 Å². The van der Waals surface area contributed by atoms with Gasteiger partial charge in [0.05, 0.1) is 30.6 Å². The Morgan fingerprint density at radius 3 is 2.52 bits per heavy atom. The van der Waals surface area contributed by atoms with Crippen LogP contribution in [0, 0.1) is 5.82 Å². The summed E-state index contributed by atoms with van der Waals surface area (Å²) in [4.78, 5) is 30.6. The fraction of sp³-hybridized carbons (Fsp3) is 0.250. The standard InChI is InChI=1S/C31H30ClFN6O2.CH4/c1-38(2)14-15-39(3)30(40)19-8-11-22(12-9-19)36-31-35-18-20-17-34-29(27-25(33)6-5-7-26(27)41-4)24-16-21(32)10-13-23(24)28(20)37-31;/h5-13,16,18H,14-15,17H2,1-4H3,(H,35,36,37);1H4. The van der Waals surface area contributed by atoms with Crippen molar-refractivity contribution in [3.05, 3.63) is 100.0 Å². The number of aliphatic imine (C=N–C) groups is 1. The highest BCUT2D eigenvalue weighted by atomic mass is 35.5. The monoisotopic (exact) mass is 588 g/mol. The molecule has 1 aliphatic heterocycles. The zero-order chi connectivity index (χ0) is 29.1. The van der Waals surface area contributed by atoms with Crippen molar-refractivity contribution in [1.29, 1.82) is 0 Å². The summed E-state index contributed by atoms with van der Waals surface area (Å²) in [6.07, 6.45) is 1.71. The van der Waals surface area contributed by atoms with Gasteiger partial charge in [0.2, 0.25) is 5.95 Å². The third-order valence-electron chi connectivity index (χ3n) is 6.81. The molecule has 3 aromatic carbocycles. The van der Waals surface area contributed by atoms with Crippen molar-refractivity contribution >= 4 is 34.9 Å². The number of fused-ring (bicyclic) bond motifs is 3. The Morgan fingerprint density at radius 2 is 1.81 bits per heavy atom. The lowest BCUT2D eigenvalue weighted by Crippen LogP contribution is -2.33. The molecule has 0 saturated carbocycles. The normalized spacial score (nSPS) is 11.9. The molecule has 4 aromatic rings. The summed E-state index contributed by atoms with van der Waals surface area (Å²) in [5.74, 6) is 0.259. The molecule has 0 spiro atoms. The van der Waals surface area contributed by atoms with Gasteiger partial charge in [-0.15, -0.1) is 0 Å². The number of hydrogen-bond donors (Lipinski definition) is 1. The van der Waals surface area contributed by atoms with Gasteiger partial charge in [-0.05, 0) is 62.6 Å². The maximum Gasteiger partial charge on any atom is 0.253 e. The van der Waals surface area contributed by atoms with E-state index >= 15 is 4.39 Å². The average Bonchev–Trinajstić information content (AvgIpc) is 3.12. The largest absolute Gasteiger partial charge is 0.496 e. The fourth-order valence-electron chi connectivity index (χ4n) is 4.60. The van der Waals surface area contributed by atoms with Gasteiger partial charge in [0.25, 0.3) is 5.91 Å². The molecule has 1 N–H and O–H groups in total. The van der Waals surface area contributed by atoms with Crippen molar-refractivity contribution in [3.8, 4) is 17.0 Å². The van der Waals surface area contributed by atoms with Crippen LogP contribution >= 0.6 is 11.6 Å². The number of aromatic nitrogens is 2. The first-order valence-corrected chi connectivity index (χ1v) is 13.4. The lowest BCUT2D eigenvalue weighted by molar-refractivity contribution is 0.0786. The molecule has 8 nitrogen and oxygen atoms in total. The molecule has 10 heteroatoms. The smallest absolute Gasteiger partial charge is 0.253 e. The van der Waals surface area contributed by atoms with Crippen LogP contribution in [0.1, 0.15) is 34.5 Å². The summed E-state index contributed by atoms with van der Waals surface area (Å²) in [5, 5.41) is 3.72. The van der Waals surface area contributed by atoms with Gasteiger partial charge in [0.1, 0.15) is 11.6 Å². The molecule has 0 fully saturated rings. The number of halogens is 2. The molecular weight excluding hydrogens is 555 g/mol. The van der Waals surface area contributed by atoms with Crippen molar-refractivity contribution in [3.63, 3.8) is 0 Å². The number of nitrogens with one attached hydrogen (secondary N) is 1. The van der Waals surface area contributed by atoms with Crippen molar-refractivity contribution < 1.29 is 13.9 Å². The van der Waals surface area contributed by atoms with E-state index in [1.165, 1.54) is 13.2 Å². The van der Waals surface area contributed by atoms with Gasteiger partial charge in [-0.2, -0.15) is 0 Å². The Hall–Kier alpha value is -4.34. The molecule has 0 unspecified atom stereocenters. The van der Waals surface area contributed by atoms with E-state index in [1.54, 1.807) is 54.5 Å². The first-order valence-electron chi connectivity index (χ1n) is 13.1. The van der Waals surface area contributed by atoms with Gasteiger partial charge in [-0.25, -0.2) is 14.4 Å². The summed E-state index contributed by atoms with van der Waals surface area (Å²) in [6.45, 7) is 1.66. The predicted octanol–water partition coefficient (Wildman–Crippen LogP) is 6.31. The van der Waals surface area contributed by atoms with E-state index in [2.05, 4.69) is 10.3 Å². The summed E-state index contributed by atoms with van der Waals surface area (Å²) in [6, 6.07) is 17.3. The molecule has 218 valence electrons. The zero-order valence-electron chi connectivity index (χ0n) is 23.3. The molecule has 0 radical (unpaired) electrons. The van der Waals surface area contributed by atoms with Crippen LogP contribution in [0.25, 0.3) is 11.3 Å². The number of ether oxygens (including phenoxy) is 1. The van der Waals surface area contributed by atoms with Crippen LogP contribution in [-0.2, 0) is 6.54 Å². The molecule has 0 atom stereocenters. The van der Waals surface area contributed by atoms with Crippen molar-refractivity contribution in [2.24, 2.45) is 4.99 Å². The zero-order valence-corrected chi connectivity index (χ0v) is 24.0. The Morgan fingerprint density at radius 1 is 1.05 bits per heavy atom. The molecule has 2 heterocycles. The molecule has 1 amide bonds. The van der Waals surface area contributed by atoms with Crippen LogP contribution in [0.4, 0.5) is 16.0 Å². The quantitative estimate of drug-likeness (QED) is 0.260. The predicted molar refractivity (Wildman–Crippen MR) is 167 cm³/mol. The minimum absolute atomic E-state index is 0. The summed E-state index contributed by atoms with van der Waals surface area (Å²) < 4.78 is 20.6. The molecule has 1 aromatic heterocycles. The van der Waals surface area contributed by atoms with Gasteiger partial charge in [0, 0.05) is 59.3 Å². The average molecular weight is 589 g/mol. The molecule has 1 aliphatic rings. The van der Waals surface area contributed by atoms with Gasteiger partial charge in [-0.1, -0.05) is 31.2 Å². The highest BCUT2D eigenvalue weighted by molar-refractivity contribution is 6.31. The minimum Gasteiger partial charge on any atom is -0.496 e. The highest BCUT2D eigenvalue weighted by Crippen LogP contribution is 2.36. The van der Waals surface area contributed by atoms with E-state index < -0.39 is 5.82 Å². The summed E-state index contributed by atoms with van der Waals surface area (Å²) in [5.41, 5.74) is 4.86. The highest BCUT2D eigenvalue weighted by Gasteiger charge is 2.25. The van der Waals surface area contributed by atoms with Crippen LogP contribution < -0.4 is 10.1 Å². The van der Waals surface area contributed by atoms with E-state index in [0.29, 0.717) is 45.8 Å². The maximum absolute atomic E-state index is 15.1. The van der Waals surface area contributed by atoms with Crippen LogP contribution in [0.15, 0.2) is 71.9 Å². The lowest BCUT2D eigenvalue weighted by Gasteiger charge is -2.19. The van der Waals surface area contributed by atoms with Gasteiger partial charge < -0.3 is 19.9 Å². The number of carbonyl (C=O) groups excluding carboxylic acids is 1. The number of hydrogen-bond acceptors (Lipinski definition) is 7. The van der Waals surface area contributed by atoms with Crippen LogP contribution in [0.3, 0.4) is 0 Å². The Bertz CT molecular complexity index is 1620. The second kappa shape index (κ2) is 13.1. The molecule has 0 saturated heterocycles. The first kappa shape index (κ1) is 30.6. The number of anilines is 2. The number of likely N-dealkylation sites (N-methyl/N-ethyl adjacent to an activating group) is 2. The molecule has 5 rings (SSSR count). The second-order valence-electron chi connectivity index (χ2n) is 9.97. The van der Waals surface area contributed by atoms with Crippen molar-refractivity contribution in [2.75, 3.05) is 46.7 Å². The lowest BCUT2D eigenvalue weighted by atomic mass is 9.94. The Kier molecular flexibility index (Phi) is 9.55. The Labute approximate surface area is 250 Å². The first-order chi connectivity index (χ1) is 19.7. The number of nitrogens with zero attached hydrogens (tertiary/aromatic N) is 5. The minimum atomic E-state index is -0.445. The SMILES string of the molecule is C.COc1cccc(F)c1C1=NCc2cnc(Nc3ccc(C(=O)N(C)CCN(C)C)cc3)nc2-c2ccc(Cl)cc21. The summed E-state index contributed by atoms with van der Waals surface area (Å²) >= 11 is 6.39. The number of benzene rings is 3. The van der Waals surface area contributed by atoms with Gasteiger partial charge >= 0.3 is 0 Å². The van der Waals surface area contributed by atoms with Crippen molar-refractivity contribution in [1.82, 2.24) is 19.8 Å². The number of amides is 1. The fourth-order valence-corrected chi connectivity index (χ4v) is 4.77. The molecule has 0 bridgehead atoms. The van der Waals surface area contributed by atoms with E-state index in [1.807, 2.05) is 37.2 Å². The third-order valence-corrected chi connectivity index (χ3v) is 7.05. The van der Waals surface area contributed by atoms with E-state index in [-0.39, 0.29) is 25.4 Å². The van der Waals surface area contributed by atoms with Crippen LogP contribution in [-0.4, -0.2) is 72.7 Å². The van der Waals surface area contributed by atoms with Gasteiger partial charge in [-0.3, -0.25) is 9.79 Å². The maximum atomic E-state index is 15.1. The van der Waals surface area contributed by atoms with E-state index in [0.717, 1.165) is 23.4 Å². The molecular formula is C32H34ClFN6O2. The van der Waals surface area contributed by atoms with Crippen LogP contribution in [0.5, 0.6) is 5.75 Å². The van der Waals surface area contributed by atoms with E-state index in [4.69, 9.17) is 26.3 Å². The topological polar surface area (TPSA) is 83.0 Å². The third kappa shape index (κ3) is 6.42. The molecule has 42 heavy (non-hydrogen) atoms. The Balaban J connectivity index is 0.00000405. The number of methoxy groups -OCH3 is 1. The second-order valence-corrected chi connectivity index (χ2v) is 10.4. The van der Waals surface area contributed by atoms with Gasteiger partial charge in [0.15, 0.2) is 0 Å². The summed E-state index contributed by atoms with van der Waals surface area (Å²) in [7, 11) is 7.24. The number of rotatable bonds is 8. The van der Waals surface area contributed by atoms with Crippen molar-refractivity contribution in [2.45, 2.75) is 14.0 Å². The molecule has 0 aliphatic carbocycles.